The second-order valence-corrected chi connectivity index (χ2v) is 5.78. The van der Waals surface area contributed by atoms with E-state index in [1.165, 1.54) is 16.4 Å². The molecule has 0 N–H and O–H groups in total. The Morgan fingerprint density at radius 1 is 1.44 bits per heavy atom. The van der Waals surface area contributed by atoms with Gasteiger partial charge in [0.2, 0.25) is 0 Å². The van der Waals surface area contributed by atoms with Crippen LogP contribution in [0.3, 0.4) is 0 Å². The summed E-state index contributed by atoms with van der Waals surface area (Å²) in [5.41, 5.74) is -0.521. The largest absolute Gasteiger partial charge is 0.444 e. The number of amides is 1. The van der Waals surface area contributed by atoms with E-state index in [0.717, 1.165) is 0 Å². The number of aromatic nitrogens is 1. The number of rotatable bonds is 4. The monoisotopic (exact) mass is 270 g/mol. The number of hydrogen-bond donors (Lipinski definition) is 0. The Labute approximate surface area is 111 Å². The van der Waals surface area contributed by atoms with E-state index in [-0.39, 0.29) is 12.2 Å². The summed E-state index contributed by atoms with van der Waals surface area (Å²) in [6, 6.07) is 1.68. The lowest BCUT2D eigenvalue weighted by Crippen LogP contribution is -2.35. The van der Waals surface area contributed by atoms with Crippen LogP contribution in [0.4, 0.5) is 4.79 Å². The molecule has 0 unspecified atom stereocenters. The van der Waals surface area contributed by atoms with E-state index in [2.05, 4.69) is 4.37 Å². The van der Waals surface area contributed by atoms with Crippen molar-refractivity contribution in [3.8, 4) is 0 Å². The molecule has 100 valence electrons. The van der Waals surface area contributed by atoms with Crippen LogP contribution in [0.2, 0.25) is 0 Å². The van der Waals surface area contributed by atoms with Crippen LogP contribution in [0.15, 0.2) is 12.3 Å². The van der Waals surface area contributed by atoms with Crippen molar-refractivity contribution in [1.29, 1.82) is 0 Å². The van der Waals surface area contributed by atoms with E-state index in [1.807, 2.05) is 0 Å². The van der Waals surface area contributed by atoms with E-state index >= 15 is 0 Å². The average Bonchev–Trinajstić information content (AvgIpc) is 2.76. The summed E-state index contributed by atoms with van der Waals surface area (Å²) >= 11 is 1.17. The highest BCUT2D eigenvalue weighted by Gasteiger charge is 2.20. The topological polar surface area (TPSA) is 59.5 Å². The van der Waals surface area contributed by atoms with Gasteiger partial charge in [0.1, 0.15) is 5.60 Å². The van der Waals surface area contributed by atoms with Gasteiger partial charge >= 0.3 is 6.09 Å². The number of Topliss-reactive ketones (excluding diaryl/α,β-unsaturated/α-hetero) is 1. The van der Waals surface area contributed by atoms with E-state index < -0.39 is 11.7 Å². The standard InChI is InChI=1S/C12H18N2O3S/c1-12(2,3)17-11(16)14(4)8-6-9(15)10-5-7-13-18-10/h5,7H,6,8H2,1-4H3. The molecule has 1 amide bonds. The highest BCUT2D eigenvalue weighted by Crippen LogP contribution is 2.11. The Kier molecular flexibility index (Phi) is 4.84. The van der Waals surface area contributed by atoms with Crippen LogP contribution in [0.1, 0.15) is 36.9 Å². The normalized spacial score (nSPS) is 11.1. The predicted molar refractivity (Wildman–Crippen MR) is 69.9 cm³/mol. The molecule has 6 heteroatoms. The van der Waals surface area contributed by atoms with E-state index in [1.54, 1.807) is 40.1 Å². The number of hydrogen-bond acceptors (Lipinski definition) is 5. The van der Waals surface area contributed by atoms with Crippen LogP contribution in [0, 0.1) is 0 Å². The fourth-order valence-corrected chi connectivity index (χ4v) is 1.74. The van der Waals surface area contributed by atoms with Crippen LogP contribution in [0.5, 0.6) is 0 Å². The zero-order chi connectivity index (χ0) is 13.8. The van der Waals surface area contributed by atoms with Gasteiger partial charge < -0.3 is 9.64 Å². The maximum Gasteiger partial charge on any atom is 0.410 e. The van der Waals surface area contributed by atoms with Gasteiger partial charge in [0.05, 0.1) is 4.88 Å². The van der Waals surface area contributed by atoms with Crippen LogP contribution in [0.25, 0.3) is 0 Å². The van der Waals surface area contributed by atoms with E-state index in [4.69, 9.17) is 4.74 Å². The summed E-state index contributed by atoms with van der Waals surface area (Å²) in [6.07, 6.45) is 1.45. The molecule has 5 nitrogen and oxygen atoms in total. The number of nitrogens with zero attached hydrogens (tertiary/aromatic N) is 2. The third-order valence-corrected chi connectivity index (χ3v) is 2.88. The molecule has 0 saturated heterocycles. The molecule has 1 heterocycles. The van der Waals surface area contributed by atoms with Gasteiger partial charge in [-0.15, -0.1) is 0 Å². The summed E-state index contributed by atoms with van der Waals surface area (Å²) < 4.78 is 9.06. The molecule has 0 fully saturated rings. The van der Waals surface area contributed by atoms with Crippen molar-refractivity contribution in [2.75, 3.05) is 13.6 Å². The first-order valence-corrected chi connectivity index (χ1v) is 6.45. The van der Waals surface area contributed by atoms with Crippen molar-refractivity contribution >= 4 is 23.4 Å². The number of ether oxygens (including phenoxy) is 1. The van der Waals surface area contributed by atoms with Crippen molar-refractivity contribution in [2.45, 2.75) is 32.8 Å². The van der Waals surface area contributed by atoms with Gasteiger partial charge in [0, 0.05) is 26.2 Å². The molecule has 0 spiro atoms. The molecular weight excluding hydrogens is 252 g/mol. The Bertz CT molecular complexity index is 409. The third-order valence-electron chi connectivity index (χ3n) is 2.09. The van der Waals surface area contributed by atoms with Crippen LogP contribution >= 0.6 is 11.5 Å². The lowest BCUT2D eigenvalue weighted by Gasteiger charge is -2.24. The molecule has 0 saturated carbocycles. The molecule has 0 atom stereocenters. The maximum absolute atomic E-state index is 11.7. The minimum Gasteiger partial charge on any atom is -0.444 e. The first-order valence-electron chi connectivity index (χ1n) is 5.67. The number of carbonyl (C=O) groups is 2. The summed E-state index contributed by atoms with van der Waals surface area (Å²) in [6.45, 7) is 5.76. The summed E-state index contributed by atoms with van der Waals surface area (Å²) in [4.78, 5) is 25.4. The molecule has 1 aromatic heterocycles. The highest BCUT2D eigenvalue weighted by molar-refractivity contribution is 7.08. The minimum absolute atomic E-state index is 0.00657. The fraction of sp³-hybridized carbons (Fsp3) is 0.583. The quantitative estimate of drug-likeness (QED) is 0.789. The van der Waals surface area contributed by atoms with Crippen molar-refractivity contribution in [1.82, 2.24) is 9.27 Å². The molecule has 1 rings (SSSR count). The molecule has 0 aliphatic rings. The SMILES string of the molecule is CN(CCC(=O)c1ccns1)C(=O)OC(C)(C)C. The molecule has 1 aromatic rings. The lowest BCUT2D eigenvalue weighted by atomic mass is 10.2. The number of ketones is 1. The third kappa shape index (κ3) is 4.83. The van der Waals surface area contributed by atoms with Crippen molar-refractivity contribution < 1.29 is 14.3 Å². The highest BCUT2D eigenvalue weighted by atomic mass is 32.1. The summed E-state index contributed by atoms with van der Waals surface area (Å²) in [5.74, 6) is -0.00657. The molecule has 0 bridgehead atoms. The molecule has 0 aromatic carbocycles. The Balaban J connectivity index is 2.39. The summed E-state index contributed by atoms with van der Waals surface area (Å²) in [7, 11) is 1.62. The van der Waals surface area contributed by atoms with Gasteiger partial charge in [0.15, 0.2) is 5.78 Å². The van der Waals surface area contributed by atoms with E-state index in [9.17, 15) is 9.59 Å². The van der Waals surface area contributed by atoms with Gasteiger partial charge in [-0.2, -0.15) is 0 Å². The zero-order valence-electron chi connectivity index (χ0n) is 11.1. The number of carbonyl (C=O) groups excluding carboxylic acids is 2. The average molecular weight is 270 g/mol. The van der Waals surface area contributed by atoms with Gasteiger partial charge in [-0.25, -0.2) is 9.17 Å². The minimum atomic E-state index is -0.521. The second-order valence-electron chi connectivity index (χ2n) is 4.95. The molecule has 0 radical (unpaired) electrons. The second kappa shape index (κ2) is 5.95. The Morgan fingerprint density at radius 2 is 2.11 bits per heavy atom. The Hall–Kier alpha value is -1.43. The first-order chi connectivity index (χ1) is 8.29. The Morgan fingerprint density at radius 3 is 2.61 bits per heavy atom. The van der Waals surface area contributed by atoms with Crippen molar-refractivity contribution in [3.63, 3.8) is 0 Å². The van der Waals surface area contributed by atoms with Gasteiger partial charge in [-0.3, -0.25) is 4.79 Å². The molecule has 18 heavy (non-hydrogen) atoms. The van der Waals surface area contributed by atoms with Gasteiger partial charge in [0.25, 0.3) is 0 Å². The van der Waals surface area contributed by atoms with Gasteiger partial charge in [-0.05, 0) is 38.4 Å². The lowest BCUT2D eigenvalue weighted by molar-refractivity contribution is 0.0298. The van der Waals surface area contributed by atoms with Gasteiger partial charge in [-0.1, -0.05) is 0 Å². The molecule has 0 aliphatic heterocycles. The smallest absolute Gasteiger partial charge is 0.410 e. The van der Waals surface area contributed by atoms with Crippen LogP contribution in [-0.2, 0) is 4.74 Å². The van der Waals surface area contributed by atoms with E-state index in [0.29, 0.717) is 11.4 Å². The molecular formula is C12H18N2O3S. The van der Waals surface area contributed by atoms with Crippen molar-refractivity contribution in [3.05, 3.63) is 17.1 Å². The van der Waals surface area contributed by atoms with Crippen LogP contribution in [-0.4, -0.2) is 40.3 Å². The fourth-order valence-electron chi connectivity index (χ4n) is 1.18. The predicted octanol–water partition coefficient (Wildman–Crippen LogP) is 2.58. The van der Waals surface area contributed by atoms with Crippen LogP contribution < -0.4 is 0 Å². The maximum atomic E-state index is 11.7. The first kappa shape index (κ1) is 14.6. The molecule has 0 aliphatic carbocycles. The van der Waals surface area contributed by atoms with Crippen molar-refractivity contribution in [2.24, 2.45) is 0 Å². The summed E-state index contributed by atoms with van der Waals surface area (Å²) in [5, 5.41) is 0. The zero-order valence-corrected chi connectivity index (χ0v) is 11.9.